The van der Waals surface area contributed by atoms with Crippen LogP contribution < -0.4 is 10.5 Å². The Bertz CT molecular complexity index is 588. The number of hydrogen-bond donors (Lipinski definition) is 1. The molecular weight excluding hydrogens is 270 g/mol. The molecule has 0 aliphatic rings. The van der Waals surface area contributed by atoms with Crippen LogP contribution in [-0.4, -0.2) is 0 Å². The van der Waals surface area contributed by atoms with Gasteiger partial charge in [-0.05, 0) is 55.2 Å². The van der Waals surface area contributed by atoms with Gasteiger partial charge >= 0.3 is 0 Å². The SMILES string of the molecule is Cc1cccc(C)c1COc1ccc([C@H](C)N)cc1Cl. The molecule has 0 aliphatic carbocycles. The average molecular weight is 290 g/mol. The van der Waals surface area contributed by atoms with Gasteiger partial charge < -0.3 is 10.5 Å². The first kappa shape index (κ1) is 14.9. The van der Waals surface area contributed by atoms with Crippen molar-refractivity contribution in [2.45, 2.75) is 33.4 Å². The van der Waals surface area contributed by atoms with Gasteiger partial charge in [-0.25, -0.2) is 0 Å². The monoisotopic (exact) mass is 289 g/mol. The number of rotatable bonds is 4. The molecule has 0 heterocycles. The van der Waals surface area contributed by atoms with E-state index in [1.54, 1.807) is 0 Å². The normalized spacial score (nSPS) is 12.2. The quantitative estimate of drug-likeness (QED) is 0.896. The highest BCUT2D eigenvalue weighted by molar-refractivity contribution is 6.32. The minimum atomic E-state index is -0.0276. The zero-order valence-electron chi connectivity index (χ0n) is 12.1. The molecule has 0 saturated heterocycles. The van der Waals surface area contributed by atoms with Crippen molar-refractivity contribution >= 4 is 11.6 Å². The topological polar surface area (TPSA) is 35.2 Å². The third-order valence-electron chi connectivity index (χ3n) is 3.50. The van der Waals surface area contributed by atoms with E-state index in [1.807, 2.05) is 25.1 Å². The minimum absolute atomic E-state index is 0.0276. The van der Waals surface area contributed by atoms with Crippen molar-refractivity contribution < 1.29 is 4.74 Å². The second-order valence-corrected chi connectivity index (χ2v) is 5.54. The van der Waals surface area contributed by atoms with Crippen molar-refractivity contribution in [3.63, 3.8) is 0 Å². The summed E-state index contributed by atoms with van der Waals surface area (Å²) in [6.45, 7) is 6.64. The highest BCUT2D eigenvalue weighted by Gasteiger charge is 2.08. The predicted octanol–water partition coefficient (Wildman–Crippen LogP) is 4.56. The van der Waals surface area contributed by atoms with E-state index >= 15 is 0 Å². The Balaban J connectivity index is 2.15. The minimum Gasteiger partial charge on any atom is -0.487 e. The van der Waals surface area contributed by atoms with Crippen LogP contribution in [0.1, 0.15) is 35.2 Å². The Labute approximate surface area is 125 Å². The summed E-state index contributed by atoms with van der Waals surface area (Å²) in [4.78, 5) is 0. The molecule has 2 aromatic rings. The van der Waals surface area contributed by atoms with Crippen LogP contribution in [0.15, 0.2) is 36.4 Å². The molecule has 2 rings (SSSR count). The smallest absolute Gasteiger partial charge is 0.138 e. The van der Waals surface area contributed by atoms with E-state index in [1.165, 1.54) is 16.7 Å². The zero-order chi connectivity index (χ0) is 14.7. The van der Waals surface area contributed by atoms with E-state index < -0.39 is 0 Å². The van der Waals surface area contributed by atoms with Gasteiger partial charge in [0.2, 0.25) is 0 Å². The number of benzene rings is 2. The fourth-order valence-corrected chi connectivity index (χ4v) is 2.39. The number of ether oxygens (including phenoxy) is 1. The van der Waals surface area contributed by atoms with Crippen molar-refractivity contribution in [2.75, 3.05) is 0 Å². The Kier molecular flexibility index (Phi) is 4.69. The highest BCUT2D eigenvalue weighted by atomic mass is 35.5. The summed E-state index contributed by atoms with van der Waals surface area (Å²) in [6, 6.07) is 11.9. The van der Waals surface area contributed by atoms with E-state index in [4.69, 9.17) is 22.1 Å². The van der Waals surface area contributed by atoms with Gasteiger partial charge in [-0.15, -0.1) is 0 Å². The number of nitrogens with two attached hydrogens (primary N) is 1. The fourth-order valence-electron chi connectivity index (χ4n) is 2.14. The van der Waals surface area contributed by atoms with Crippen LogP contribution in [0.2, 0.25) is 5.02 Å². The van der Waals surface area contributed by atoms with Gasteiger partial charge in [-0.1, -0.05) is 35.9 Å². The maximum absolute atomic E-state index is 6.24. The molecule has 0 unspecified atom stereocenters. The molecule has 0 saturated carbocycles. The van der Waals surface area contributed by atoms with Crippen molar-refractivity contribution in [1.29, 1.82) is 0 Å². The summed E-state index contributed by atoms with van der Waals surface area (Å²) in [5, 5.41) is 0.603. The Morgan fingerprint density at radius 1 is 1.15 bits per heavy atom. The summed E-state index contributed by atoms with van der Waals surface area (Å²) in [7, 11) is 0. The number of halogens is 1. The zero-order valence-corrected chi connectivity index (χ0v) is 12.9. The van der Waals surface area contributed by atoms with Gasteiger partial charge in [0.25, 0.3) is 0 Å². The Morgan fingerprint density at radius 3 is 2.35 bits per heavy atom. The molecule has 0 aliphatic heterocycles. The first-order valence-electron chi connectivity index (χ1n) is 6.72. The second-order valence-electron chi connectivity index (χ2n) is 5.14. The lowest BCUT2D eigenvalue weighted by Crippen LogP contribution is -2.05. The lowest BCUT2D eigenvalue weighted by molar-refractivity contribution is 0.304. The van der Waals surface area contributed by atoms with Gasteiger partial charge in [0.05, 0.1) is 5.02 Å². The molecule has 0 bridgehead atoms. The second kappa shape index (κ2) is 6.29. The molecule has 3 heteroatoms. The molecule has 0 radical (unpaired) electrons. The molecule has 20 heavy (non-hydrogen) atoms. The van der Waals surface area contributed by atoms with E-state index in [9.17, 15) is 0 Å². The third kappa shape index (κ3) is 3.33. The average Bonchev–Trinajstić information content (AvgIpc) is 2.39. The van der Waals surface area contributed by atoms with Crippen molar-refractivity contribution in [2.24, 2.45) is 5.73 Å². The molecule has 2 nitrogen and oxygen atoms in total. The molecule has 1 atom stereocenters. The largest absolute Gasteiger partial charge is 0.487 e. The van der Waals surface area contributed by atoms with Gasteiger partial charge in [-0.3, -0.25) is 0 Å². The lowest BCUT2D eigenvalue weighted by Gasteiger charge is -2.14. The van der Waals surface area contributed by atoms with E-state index in [2.05, 4.69) is 32.0 Å². The molecule has 0 fully saturated rings. The summed E-state index contributed by atoms with van der Waals surface area (Å²) in [5.74, 6) is 0.693. The first-order chi connectivity index (χ1) is 9.49. The predicted molar refractivity (Wildman–Crippen MR) is 84.3 cm³/mol. The maximum atomic E-state index is 6.24. The molecule has 2 N–H and O–H groups in total. The van der Waals surface area contributed by atoms with Crippen LogP contribution in [0.4, 0.5) is 0 Å². The molecule has 2 aromatic carbocycles. The molecule has 106 valence electrons. The molecule has 0 spiro atoms. The van der Waals surface area contributed by atoms with Crippen molar-refractivity contribution in [3.8, 4) is 5.75 Å². The van der Waals surface area contributed by atoms with Gasteiger partial charge in [0.1, 0.15) is 12.4 Å². The Hall–Kier alpha value is -1.51. The fraction of sp³-hybridized carbons (Fsp3) is 0.294. The van der Waals surface area contributed by atoms with Crippen molar-refractivity contribution in [3.05, 3.63) is 63.7 Å². The number of hydrogen-bond acceptors (Lipinski definition) is 2. The van der Waals surface area contributed by atoms with Gasteiger partial charge in [-0.2, -0.15) is 0 Å². The van der Waals surface area contributed by atoms with Crippen LogP contribution in [0.3, 0.4) is 0 Å². The summed E-state index contributed by atoms with van der Waals surface area (Å²) in [5.41, 5.74) is 10.5. The molecule has 0 aromatic heterocycles. The molecular formula is C17H20ClNO. The number of aryl methyl sites for hydroxylation is 2. The summed E-state index contributed by atoms with van der Waals surface area (Å²) >= 11 is 6.24. The van der Waals surface area contributed by atoms with Crippen LogP contribution in [0, 0.1) is 13.8 Å². The van der Waals surface area contributed by atoms with Crippen LogP contribution in [0.25, 0.3) is 0 Å². The van der Waals surface area contributed by atoms with Crippen LogP contribution in [0.5, 0.6) is 5.75 Å². The summed E-state index contributed by atoms with van der Waals surface area (Å²) < 4.78 is 5.85. The third-order valence-corrected chi connectivity index (χ3v) is 3.79. The standard InChI is InChI=1S/C17H20ClNO/c1-11-5-4-6-12(2)15(11)10-20-17-8-7-14(13(3)19)9-16(17)18/h4-9,13H,10,19H2,1-3H3/t13-/m0/s1. The Morgan fingerprint density at radius 2 is 1.80 bits per heavy atom. The highest BCUT2D eigenvalue weighted by Crippen LogP contribution is 2.28. The lowest BCUT2D eigenvalue weighted by atomic mass is 10.0. The van der Waals surface area contributed by atoms with Gasteiger partial charge in [0, 0.05) is 6.04 Å². The van der Waals surface area contributed by atoms with Crippen molar-refractivity contribution in [1.82, 2.24) is 0 Å². The van der Waals surface area contributed by atoms with Gasteiger partial charge in [0.15, 0.2) is 0 Å². The first-order valence-corrected chi connectivity index (χ1v) is 7.09. The summed E-state index contributed by atoms with van der Waals surface area (Å²) in [6.07, 6.45) is 0. The maximum Gasteiger partial charge on any atom is 0.138 e. The van der Waals surface area contributed by atoms with E-state index in [-0.39, 0.29) is 6.04 Å². The van der Waals surface area contributed by atoms with Crippen LogP contribution >= 0.6 is 11.6 Å². The van der Waals surface area contributed by atoms with Crippen LogP contribution in [-0.2, 0) is 6.61 Å². The van der Waals surface area contributed by atoms with E-state index in [0.717, 1.165) is 5.56 Å². The molecule has 0 amide bonds. The van der Waals surface area contributed by atoms with E-state index in [0.29, 0.717) is 17.4 Å².